The second-order valence-corrected chi connectivity index (χ2v) is 11.0. The zero-order valence-corrected chi connectivity index (χ0v) is 23.1. The normalized spacial score (nSPS) is 23.7. The van der Waals surface area contributed by atoms with Crippen molar-refractivity contribution in [2.75, 3.05) is 11.9 Å². The molecule has 3 heterocycles. The van der Waals surface area contributed by atoms with Gasteiger partial charge in [0.1, 0.15) is 52.5 Å². The highest BCUT2D eigenvalue weighted by molar-refractivity contribution is 7.86. The Labute approximate surface area is 248 Å². The van der Waals surface area contributed by atoms with Crippen molar-refractivity contribution in [3.8, 4) is 11.8 Å². The third-order valence-electron chi connectivity index (χ3n) is 6.07. The van der Waals surface area contributed by atoms with E-state index in [-0.39, 0.29) is 5.69 Å². The number of anilines is 1. The molecule has 43 heavy (non-hydrogen) atoms. The van der Waals surface area contributed by atoms with Gasteiger partial charge in [0.15, 0.2) is 22.8 Å². The van der Waals surface area contributed by atoms with E-state index in [0.717, 1.165) is 10.9 Å². The predicted octanol–water partition coefficient (Wildman–Crippen LogP) is 1.87. The molecule has 6 atom stereocenters. The Morgan fingerprint density at radius 1 is 1.12 bits per heavy atom. The van der Waals surface area contributed by atoms with Crippen LogP contribution in [0.1, 0.15) is 23.0 Å². The van der Waals surface area contributed by atoms with E-state index in [0.29, 0.717) is 16.8 Å². The first-order valence-corrected chi connectivity index (χ1v) is 13.4. The van der Waals surface area contributed by atoms with Crippen LogP contribution in [-0.4, -0.2) is 86.1 Å². The van der Waals surface area contributed by atoms with Crippen LogP contribution in [0.4, 0.5) is 32.2 Å². The van der Waals surface area contributed by atoms with Gasteiger partial charge in [-0.25, -0.2) is 13.6 Å². The number of ether oxygens (including phenoxy) is 1. The summed E-state index contributed by atoms with van der Waals surface area (Å²) < 4.78 is 99.3. The average Bonchev–Trinajstić information content (AvgIpc) is 3.52. The molecule has 2 unspecified atom stereocenters. The lowest BCUT2D eigenvalue weighted by molar-refractivity contribution is -0.270. The molecule has 234 valence electrons. The Balaban J connectivity index is 1.77. The Bertz CT molecular complexity index is 1550. The van der Waals surface area contributed by atoms with Gasteiger partial charge in [-0.2, -0.15) is 36.7 Å². The van der Waals surface area contributed by atoms with Crippen LogP contribution in [-0.2, 0) is 28.3 Å². The van der Waals surface area contributed by atoms with Gasteiger partial charge in [0.25, 0.3) is 0 Å². The third-order valence-corrected chi connectivity index (χ3v) is 7.82. The van der Waals surface area contributed by atoms with Crippen molar-refractivity contribution in [1.82, 2.24) is 24.8 Å². The zero-order chi connectivity index (χ0) is 32.0. The van der Waals surface area contributed by atoms with Gasteiger partial charge in [0, 0.05) is 0 Å². The van der Waals surface area contributed by atoms with Crippen molar-refractivity contribution in [2.24, 2.45) is 0 Å². The van der Waals surface area contributed by atoms with E-state index in [4.69, 9.17) is 27.9 Å². The number of hydrogen-bond donors (Lipinski definition) is 5. The minimum absolute atomic E-state index is 0.0934. The number of nitrogens with zero attached hydrogens (tertiary/aromatic N) is 6. The van der Waals surface area contributed by atoms with Crippen LogP contribution in [0.3, 0.4) is 0 Å². The number of aromatic nitrogens is 5. The Morgan fingerprint density at radius 2 is 1.74 bits per heavy atom. The lowest BCUT2D eigenvalue weighted by atomic mass is 9.96. The molecule has 1 saturated heterocycles. The number of hydrogen-bond acceptors (Lipinski definition) is 11. The molecule has 0 radical (unpaired) electrons. The minimum atomic E-state index is -5.41. The molecule has 5 N–H and O–H groups in total. The average molecular weight is 680 g/mol. The Hall–Kier alpha value is -3.03. The summed E-state index contributed by atoms with van der Waals surface area (Å²) in [6.07, 6.45) is -10.4. The molecule has 1 fully saturated rings. The minimum Gasteiger partial charge on any atom is -0.394 e. The van der Waals surface area contributed by atoms with E-state index < -0.39 is 104 Å². The molecule has 13 nitrogen and oxygen atoms in total. The van der Waals surface area contributed by atoms with Crippen LogP contribution in [0.5, 0.6) is 0 Å². The van der Waals surface area contributed by atoms with Crippen molar-refractivity contribution >= 4 is 39.8 Å². The topological polar surface area (TPSA) is 192 Å². The maximum Gasteiger partial charge on any atom is 0.476 e. The zero-order valence-electron chi connectivity index (χ0n) is 20.8. The van der Waals surface area contributed by atoms with Crippen molar-refractivity contribution < 1.29 is 55.7 Å². The van der Waals surface area contributed by atoms with E-state index in [9.17, 15) is 56.2 Å². The van der Waals surface area contributed by atoms with Gasteiger partial charge in [-0.3, -0.25) is 0 Å². The second-order valence-electron chi connectivity index (χ2n) is 8.81. The number of benzene rings is 1. The predicted molar refractivity (Wildman–Crippen MR) is 132 cm³/mol. The highest BCUT2D eigenvalue weighted by atomic mass is 35.5. The standard InChI is InChI=1S/C21H17Cl2F6N7O6S/c22-9-1-7(20(24,25)26)2-10(23)13(9)36-18(17(11(3-30)33-36)43(41)21(27,28)29)31-4-8-5-35(34-32-8)14-12(6-37)42-19(40)16(39)15(14)38/h1-2,5,12,14-16,19,31,37-40H,4,6H2/t12-,14-,15+,16-,19?,43?/m1/s1. The maximum absolute atomic E-state index is 13.6. The third kappa shape index (κ3) is 6.44. The molecular weight excluding hydrogens is 663 g/mol. The fraction of sp³-hybridized carbons (Fsp3) is 0.429. The van der Waals surface area contributed by atoms with Crippen LogP contribution >= 0.6 is 23.2 Å². The van der Waals surface area contributed by atoms with Crippen LogP contribution in [0, 0.1) is 11.3 Å². The van der Waals surface area contributed by atoms with Gasteiger partial charge in [-0.15, -0.1) is 5.10 Å². The van der Waals surface area contributed by atoms with Crippen molar-refractivity contribution in [3.05, 3.63) is 45.3 Å². The number of nitriles is 1. The van der Waals surface area contributed by atoms with Crippen molar-refractivity contribution in [2.45, 2.75) is 53.8 Å². The Kier molecular flexibility index (Phi) is 9.30. The van der Waals surface area contributed by atoms with Crippen LogP contribution in [0.2, 0.25) is 10.0 Å². The summed E-state index contributed by atoms with van der Waals surface area (Å²) in [7, 11) is -3.89. The van der Waals surface area contributed by atoms with Gasteiger partial charge < -0.3 is 30.5 Å². The van der Waals surface area contributed by atoms with Crippen LogP contribution in [0.25, 0.3) is 5.69 Å². The van der Waals surface area contributed by atoms with Gasteiger partial charge in [-0.1, -0.05) is 28.4 Å². The van der Waals surface area contributed by atoms with E-state index in [1.165, 1.54) is 6.07 Å². The lowest BCUT2D eigenvalue weighted by Gasteiger charge is -2.39. The first kappa shape index (κ1) is 32.9. The van der Waals surface area contributed by atoms with E-state index in [2.05, 4.69) is 20.7 Å². The Morgan fingerprint density at radius 3 is 2.28 bits per heavy atom. The number of alkyl halides is 6. The van der Waals surface area contributed by atoms with Gasteiger partial charge in [0.05, 0.1) is 35.0 Å². The number of aliphatic hydroxyl groups is 4. The highest BCUT2D eigenvalue weighted by Crippen LogP contribution is 2.41. The number of aliphatic hydroxyl groups excluding tert-OH is 4. The monoisotopic (exact) mass is 679 g/mol. The fourth-order valence-corrected chi connectivity index (χ4v) is 5.61. The molecule has 2 aromatic heterocycles. The summed E-state index contributed by atoms with van der Waals surface area (Å²) >= 11 is 12.0. The summed E-state index contributed by atoms with van der Waals surface area (Å²) in [5, 5.41) is 61.2. The second kappa shape index (κ2) is 12.2. The molecule has 3 aromatic rings. The van der Waals surface area contributed by atoms with E-state index in [1.54, 1.807) is 0 Å². The molecule has 0 spiro atoms. The number of rotatable bonds is 7. The summed E-state index contributed by atoms with van der Waals surface area (Å²) in [4.78, 5) is -1.19. The molecule has 1 aliphatic rings. The molecule has 0 aliphatic carbocycles. The molecule has 0 bridgehead atoms. The van der Waals surface area contributed by atoms with Crippen molar-refractivity contribution in [3.63, 3.8) is 0 Å². The van der Waals surface area contributed by atoms with Gasteiger partial charge in [-0.05, 0) is 12.1 Å². The van der Waals surface area contributed by atoms with Crippen LogP contribution in [0.15, 0.2) is 23.2 Å². The summed E-state index contributed by atoms with van der Waals surface area (Å²) in [5.41, 5.74) is -8.39. The molecule has 4 rings (SSSR count). The molecule has 1 aromatic carbocycles. The first-order valence-electron chi connectivity index (χ1n) is 11.5. The number of nitrogens with one attached hydrogen (secondary N) is 1. The first-order chi connectivity index (χ1) is 20.0. The molecule has 22 heteroatoms. The molecular formula is C21H17Cl2F6N7O6S. The number of halogens is 8. The maximum atomic E-state index is 13.6. The molecule has 1 aliphatic heterocycles. The van der Waals surface area contributed by atoms with Gasteiger partial charge >= 0.3 is 11.7 Å². The highest BCUT2D eigenvalue weighted by Gasteiger charge is 2.46. The largest absolute Gasteiger partial charge is 0.476 e. The lowest BCUT2D eigenvalue weighted by Crippen LogP contribution is -2.56. The molecule has 0 saturated carbocycles. The van der Waals surface area contributed by atoms with Gasteiger partial charge in [0.2, 0.25) is 0 Å². The van der Waals surface area contributed by atoms with E-state index >= 15 is 0 Å². The molecule has 0 amide bonds. The van der Waals surface area contributed by atoms with Crippen LogP contribution < -0.4 is 5.32 Å². The van der Waals surface area contributed by atoms with Crippen molar-refractivity contribution in [1.29, 1.82) is 5.26 Å². The van der Waals surface area contributed by atoms with E-state index in [1.807, 2.05) is 0 Å². The quantitative estimate of drug-likeness (QED) is 0.229. The summed E-state index contributed by atoms with van der Waals surface area (Å²) in [6, 6.07) is 0.904. The summed E-state index contributed by atoms with van der Waals surface area (Å²) in [5.74, 6) is -0.793. The summed E-state index contributed by atoms with van der Waals surface area (Å²) in [6.45, 7) is -1.30. The fourth-order valence-electron chi connectivity index (χ4n) is 4.14. The smallest absolute Gasteiger partial charge is 0.394 e. The SMILES string of the molecule is N#Cc1nn(-c2c(Cl)cc(C(F)(F)F)cc2Cl)c(NCc2cn([C@H]3[C@H](O)[C@@H](O)C(O)O[C@@H]3CO)nn2)c1S(=O)C(F)(F)F.